The fourth-order valence-corrected chi connectivity index (χ4v) is 5.33. The maximum Gasteiger partial charge on any atom is 0.243 e. The molecule has 1 N–H and O–H groups in total. The van der Waals surface area contributed by atoms with Crippen molar-refractivity contribution < 1.29 is 13.2 Å². The third-order valence-electron chi connectivity index (χ3n) is 3.99. The van der Waals surface area contributed by atoms with E-state index in [9.17, 15) is 13.2 Å². The Labute approximate surface area is 190 Å². The first-order valence-electron chi connectivity index (χ1n) is 8.64. The molecule has 0 aliphatic rings. The van der Waals surface area contributed by atoms with Crippen molar-refractivity contribution in [2.24, 2.45) is 0 Å². The Hall–Kier alpha value is -1.12. The van der Waals surface area contributed by atoms with Gasteiger partial charge in [0.2, 0.25) is 15.9 Å². The first-order chi connectivity index (χ1) is 13.6. The summed E-state index contributed by atoms with van der Waals surface area (Å²) in [4.78, 5) is 12.5. The summed E-state index contributed by atoms with van der Waals surface area (Å²) in [7, 11) is -3.66. The average Bonchev–Trinajstić information content (AvgIpc) is 2.63. The SMILES string of the molecule is CC(C(=O)NCCSCc1ccc(Cl)cc1Cl)N(c1ccc(Cl)cc1)S(C)(=O)=O. The molecule has 5 nitrogen and oxygen atoms in total. The van der Waals surface area contributed by atoms with Crippen molar-refractivity contribution >= 4 is 68.2 Å². The van der Waals surface area contributed by atoms with Gasteiger partial charge in [0.25, 0.3) is 0 Å². The van der Waals surface area contributed by atoms with E-state index in [2.05, 4.69) is 5.32 Å². The van der Waals surface area contributed by atoms with Crippen molar-refractivity contribution in [3.8, 4) is 0 Å². The van der Waals surface area contributed by atoms with Crippen LogP contribution in [0.15, 0.2) is 42.5 Å². The highest BCUT2D eigenvalue weighted by atomic mass is 35.5. The second-order valence-corrected chi connectivity index (χ2v) is 10.5. The van der Waals surface area contributed by atoms with E-state index in [-0.39, 0.29) is 5.91 Å². The Morgan fingerprint density at radius 3 is 2.31 bits per heavy atom. The molecule has 10 heteroatoms. The van der Waals surface area contributed by atoms with Crippen LogP contribution in [0, 0.1) is 0 Å². The molecule has 0 aliphatic carbocycles. The van der Waals surface area contributed by atoms with Gasteiger partial charge in [-0.25, -0.2) is 8.42 Å². The van der Waals surface area contributed by atoms with Gasteiger partial charge < -0.3 is 5.32 Å². The van der Waals surface area contributed by atoms with E-state index >= 15 is 0 Å². The number of hydrogen-bond donors (Lipinski definition) is 1. The molecule has 0 saturated carbocycles. The number of nitrogens with zero attached hydrogens (tertiary/aromatic N) is 1. The maximum absolute atomic E-state index is 12.5. The lowest BCUT2D eigenvalue weighted by molar-refractivity contribution is -0.121. The minimum Gasteiger partial charge on any atom is -0.353 e. The number of amides is 1. The Bertz CT molecular complexity index is 954. The fourth-order valence-electron chi connectivity index (χ4n) is 2.61. The molecule has 1 amide bonds. The van der Waals surface area contributed by atoms with Gasteiger partial charge in [0, 0.05) is 33.1 Å². The van der Waals surface area contributed by atoms with E-state index in [1.54, 1.807) is 55.1 Å². The molecule has 0 saturated heterocycles. The summed E-state index contributed by atoms with van der Waals surface area (Å²) in [5.74, 6) is 0.953. The second kappa shape index (κ2) is 10.8. The van der Waals surface area contributed by atoms with Crippen molar-refractivity contribution in [3.63, 3.8) is 0 Å². The molecule has 2 rings (SSSR count). The fraction of sp³-hybridized carbons (Fsp3) is 0.316. The first-order valence-corrected chi connectivity index (χ1v) is 12.8. The third-order valence-corrected chi connectivity index (χ3v) is 7.08. The number of carbonyl (C=O) groups excluding carboxylic acids is 1. The highest BCUT2D eigenvalue weighted by molar-refractivity contribution is 7.98. The predicted molar refractivity (Wildman–Crippen MR) is 124 cm³/mol. The van der Waals surface area contributed by atoms with Crippen LogP contribution in [0.25, 0.3) is 0 Å². The summed E-state index contributed by atoms with van der Waals surface area (Å²) in [6.45, 7) is 1.95. The van der Waals surface area contributed by atoms with Crippen LogP contribution in [0.1, 0.15) is 12.5 Å². The van der Waals surface area contributed by atoms with Gasteiger partial charge in [0.1, 0.15) is 6.04 Å². The van der Waals surface area contributed by atoms with Crippen molar-refractivity contribution in [1.82, 2.24) is 5.32 Å². The molecule has 158 valence electrons. The molecule has 2 aromatic rings. The number of hydrogen-bond acceptors (Lipinski definition) is 4. The second-order valence-electron chi connectivity index (χ2n) is 6.29. The molecular weight excluding hydrogens is 475 g/mol. The van der Waals surface area contributed by atoms with Gasteiger partial charge in [-0.3, -0.25) is 9.10 Å². The quantitative estimate of drug-likeness (QED) is 0.505. The van der Waals surface area contributed by atoms with Gasteiger partial charge >= 0.3 is 0 Å². The number of halogens is 3. The minimum atomic E-state index is -3.66. The Morgan fingerprint density at radius 2 is 1.72 bits per heavy atom. The van der Waals surface area contributed by atoms with Crippen molar-refractivity contribution in [3.05, 3.63) is 63.1 Å². The van der Waals surface area contributed by atoms with Gasteiger partial charge in [0.15, 0.2) is 0 Å². The van der Waals surface area contributed by atoms with E-state index in [1.165, 1.54) is 0 Å². The van der Waals surface area contributed by atoms with E-state index in [1.807, 2.05) is 6.07 Å². The monoisotopic (exact) mass is 494 g/mol. The van der Waals surface area contributed by atoms with Crippen LogP contribution in [0.2, 0.25) is 15.1 Å². The zero-order valence-corrected chi connectivity index (χ0v) is 19.8. The maximum atomic E-state index is 12.5. The van der Waals surface area contributed by atoms with Crippen LogP contribution < -0.4 is 9.62 Å². The van der Waals surface area contributed by atoms with E-state index in [4.69, 9.17) is 34.8 Å². The molecule has 0 radical (unpaired) electrons. The van der Waals surface area contributed by atoms with E-state index < -0.39 is 16.1 Å². The van der Waals surface area contributed by atoms with Crippen LogP contribution in [-0.2, 0) is 20.6 Å². The molecular formula is C19H21Cl3N2O3S2. The Morgan fingerprint density at radius 1 is 1.10 bits per heavy atom. The summed E-state index contributed by atoms with van der Waals surface area (Å²) in [6, 6.07) is 10.7. The number of carbonyl (C=O) groups is 1. The Balaban J connectivity index is 1.90. The predicted octanol–water partition coefficient (Wildman–Crippen LogP) is 4.85. The first kappa shape index (κ1) is 24.2. The molecule has 0 aromatic heterocycles. The largest absolute Gasteiger partial charge is 0.353 e. The number of benzene rings is 2. The lowest BCUT2D eigenvalue weighted by Crippen LogP contribution is -2.48. The standard InChI is InChI=1S/C19H21Cl3N2O3S2/c1-13(24(29(2,26)27)17-7-5-15(20)6-8-17)19(25)23-9-10-28-12-14-3-4-16(21)11-18(14)22/h3-8,11,13H,9-10,12H2,1-2H3,(H,23,25). The van der Waals surface area contributed by atoms with Gasteiger partial charge in [0.05, 0.1) is 11.9 Å². The van der Waals surface area contributed by atoms with Crippen LogP contribution in [0.5, 0.6) is 0 Å². The van der Waals surface area contributed by atoms with Crippen LogP contribution in [0.4, 0.5) is 5.69 Å². The number of thioether (sulfide) groups is 1. The lowest BCUT2D eigenvalue weighted by atomic mass is 10.2. The molecule has 0 spiro atoms. The topological polar surface area (TPSA) is 66.5 Å². The zero-order chi connectivity index (χ0) is 21.6. The van der Waals surface area contributed by atoms with E-state index in [0.29, 0.717) is 38.8 Å². The van der Waals surface area contributed by atoms with Gasteiger partial charge in [-0.2, -0.15) is 11.8 Å². The average molecular weight is 496 g/mol. The molecule has 1 unspecified atom stereocenters. The van der Waals surface area contributed by atoms with Gasteiger partial charge in [-0.05, 0) is 48.9 Å². The highest BCUT2D eigenvalue weighted by Crippen LogP contribution is 2.25. The molecule has 2 aromatic carbocycles. The number of rotatable bonds is 9. The molecule has 0 bridgehead atoms. The molecule has 29 heavy (non-hydrogen) atoms. The van der Waals surface area contributed by atoms with Gasteiger partial charge in [-0.15, -0.1) is 0 Å². The van der Waals surface area contributed by atoms with Crippen molar-refractivity contribution in [2.45, 2.75) is 18.7 Å². The van der Waals surface area contributed by atoms with Crippen LogP contribution >= 0.6 is 46.6 Å². The van der Waals surface area contributed by atoms with E-state index in [0.717, 1.165) is 16.1 Å². The summed E-state index contributed by atoms with van der Waals surface area (Å²) >= 11 is 19.5. The van der Waals surface area contributed by atoms with Crippen LogP contribution in [-0.4, -0.2) is 38.9 Å². The number of nitrogens with one attached hydrogen (secondary N) is 1. The summed E-state index contributed by atoms with van der Waals surface area (Å²) in [6.07, 6.45) is 1.07. The third kappa shape index (κ3) is 7.26. The van der Waals surface area contributed by atoms with Gasteiger partial charge in [-0.1, -0.05) is 40.9 Å². The molecule has 0 heterocycles. The highest BCUT2D eigenvalue weighted by Gasteiger charge is 2.28. The van der Waals surface area contributed by atoms with Crippen molar-refractivity contribution in [2.75, 3.05) is 22.9 Å². The number of anilines is 1. The molecule has 0 aliphatic heterocycles. The summed E-state index contributed by atoms with van der Waals surface area (Å²) in [5.41, 5.74) is 1.35. The van der Waals surface area contributed by atoms with Crippen LogP contribution in [0.3, 0.4) is 0 Å². The summed E-state index contributed by atoms with van der Waals surface area (Å²) < 4.78 is 25.6. The number of sulfonamides is 1. The zero-order valence-electron chi connectivity index (χ0n) is 15.9. The smallest absolute Gasteiger partial charge is 0.243 e. The molecule has 0 fully saturated rings. The minimum absolute atomic E-state index is 0.379. The normalized spacial score (nSPS) is 12.4. The molecule has 1 atom stereocenters. The van der Waals surface area contributed by atoms with Crippen molar-refractivity contribution in [1.29, 1.82) is 0 Å². The Kier molecular flexibility index (Phi) is 8.97. The lowest BCUT2D eigenvalue weighted by Gasteiger charge is -2.28. The summed E-state index contributed by atoms with van der Waals surface area (Å²) in [5, 5.41) is 4.45.